The maximum atomic E-state index is 5.88. The van der Waals surface area contributed by atoms with E-state index in [2.05, 4.69) is 56.3 Å². The van der Waals surface area contributed by atoms with E-state index in [9.17, 15) is 0 Å². The van der Waals surface area contributed by atoms with Crippen molar-refractivity contribution in [3.63, 3.8) is 0 Å². The molecule has 0 fully saturated rings. The Hall–Kier alpha value is -2.64. The van der Waals surface area contributed by atoms with Gasteiger partial charge < -0.3 is 0 Å². The molecule has 0 rings (SSSR count). The molecule has 0 saturated carbocycles. The lowest BCUT2D eigenvalue weighted by Crippen LogP contribution is -1.10. The van der Waals surface area contributed by atoms with Crippen molar-refractivity contribution in [1.29, 1.82) is 0 Å². The number of terminal acetylenes is 6. The van der Waals surface area contributed by atoms with Gasteiger partial charge in [0.05, 0.1) is 0 Å². The molecule has 0 heteroatoms. The van der Waals surface area contributed by atoms with Crippen molar-refractivity contribution in [3.8, 4) is 75.5 Å². The topological polar surface area (TPSA) is 0 Å². The molecule has 0 aromatic carbocycles. The third kappa shape index (κ3) is 152000. The maximum absolute atomic E-state index is 5.88. The summed E-state index contributed by atoms with van der Waals surface area (Å²) >= 11 is 0. The van der Waals surface area contributed by atoms with Gasteiger partial charge in [-0.1, -0.05) is 683 Å². The lowest BCUT2D eigenvalue weighted by Gasteiger charge is -1.23. The van der Waals surface area contributed by atoms with Crippen LogP contribution >= 0.6 is 0 Å². The van der Waals surface area contributed by atoms with Gasteiger partial charge in [0.2, 0.25) is 0 Å². The quantitative estimate of drug-likeness (QED) is 0.212. The van der Waals surface area contributed by atoms with Crippen molar-refractivity contribution in [3.05, 3.63) is 0 Å². The van der Waals surface area contributed by atoms with Crippen molar-refractivity contribution in [2.75, 3.05) is 0 Å². The number of hydrogen-bond acceptors (Lipinski definition) is 0. The zero-order valence-corrected chi connectivity index (χ0v) is 10.2. The molecule has 0 bridgehead atoms. The predicted octanol–water partition coefficient (Wildman–Crippen LogP) is 62.9. The van der Waals surface area contributed by atoms with Crippen LogP contribution in [0.1, 0.15) is 729 Å². The summed E-state index contributed by atoms with van der Waals surface area (Å²) in [6.07, 6.45) is 31.1. The van der Waals surface area contributed by atoms with Crippen LogP contribution in [0.5, 0.6) is 0 Å². The Labute approximate surface area is 800 Å². The van der Waals surface area contributed by atoms with Gasteiger partial charge in [-0.15, -0.1) is 75.5 Å². The summed E-state index contributed by atoms with van der Waals surface area (Å²) in [6.45, 7) is 4.96. The molecule has 107 heavy (non-hydrogen) atoms. The molecule has 0 spiro atoms. The Bertz CT molecular complexity index is 307. The second kappa shape index (κ2) is 8360000. The third-order valence-corrected chi connectivity index (χ3v) is 0. The van der Waals surface area contributed by atoms with Gasteiger partial charge >= 0.3 is 0 Å². The summed E-state index contributed by atoms with van der Waals surface area (Å²) in [4.78, 5) is 0. The largest absolute Gasteiger partial charge is 0.124 e. The van der Waals surface area contributed by atoms with E-state index >= 15 is 0 Å². The standard InChI is InChI=1S/3C3H4.3C2H2.92CH4.7H2/c3*1-3-2;3*1-2;;;;;;;;;;;;;;;;;;;;;;;;;;;;;;;;;;;;;;;;;;;;;;;;;;;;;;;;;;;;;;;;;;;;;;;;;;;;;;;;;;;;;;;;;;;;;;;;;;;/h3*1H,2H3;3*1-2H;92*1H4;7*1H/i;;;3*1T;1T2;;;;;;;;;;;;;;;;;;;;;;;;;;;;;;;;;;;;;;;;;;;;;;;;;;;;;;;;;;;;;;;;;;;;;;;;;;;;;;;;;;;;;;;;;;;;5*1+2T;2*1+2. The Kier molecular flexibility index (Phi) is 325000000. The van der Waals surface area contributed by atoms with Gasteiger partial charge in [-0.25, -0.2) is 0 Å². The summed E-state index contributed by atoms with van der Waals surface area (Å²) in [5.74, 6) is 6.75. The molecule has 828 valence electrons. The van der Waals surface area contributed by atoms with Crippen LogP contribution in [0.4, 0.5) is 0 Å². The van der Waals surface area contributed by atoms with Gasteiger partial charge in [-0.05, 0) is 20.8 Å². The van der Waals surface area contributed by atoms with Gasteiger partial charge in [0, 0.05) is 20.4 Å². The number of rotatable bonds is 0. The Morgan fingerprint density at radius 3 is 0.140 bits per heavy atom. The summed E-state index contributed by atoms with van der Waals surface area (Å²) in [6, 6.07) is 0. The van der Waals surface area contributed by atoms with Crippen molar-refractivity contribution in [2.24, 2.45) is 0 Å². The highest BCUT2D eigenvalue weighted by Crippen LogP contribution is 1.22. The summed E-state index contributed by atoms with van der Waals surface area (Å²) < 4.78 is 79.0. The van der Waals surface area contributed by atoms with Crippen molar-refractivity contribution in [1.82, 2.24) is 0 Å². The molecule has 0 amide bonds. The fourth-order valence-corrected chi connectivity index (χ4v) is 0. The Morgan fingerprint density at radius 1 is 0.140 bits per heavy atom. The van der Waals surface area contributed by atoms with E-state index in [0.717, 1.165) is 0 Å². The smallest absolute Gasteiger partial charge is 0.124 e. The summed E-state index contributed by atoms with van der Waals surface area (Å²) in [7, 11) is -0.250. The van der Waals surface area contributed by atoms with Crippen LogP contribution in [0.25, 0.3) is 0 Å². The van der Waals surface area contributed by atoms with Gasteiger partial charge in [0.15, 0.2) is 0 Å². The zero-order chi connectivity index (χ0) is 28.9. The molecule has 0 saturated heterocycles. The van der Waals surface area contributed by atoms with E-state index in [1.807, 2.05) is 0 Å². The molecule has 0 aliphatic carbocycles. The third-order valence-electron chi connectivity index (χ3n) is 0. The van der Waals surface area contributed by atoms with E-state index < -0.39 is 0 Å². The van der Waals surface area contributed by atoms with Gasteiger partial charge in [0.25, 0.3) is 0 Å². The first-order valence-electron chi connectivity index (χ1n) is 11.1. The monoisotopic (exact) mass is 1720 g/mol. The normalized spacial score (nSPS) is 1.04. The minimum atomic E-state index is -0.250. The van der Waals surface area contributed by atoms with Crippen LogP contribution in [0, 0.1) is 75.5 Å². The molecular weight excluding hydrogens is 1290 g/mol. The first-order valence-corrected chi connectivity index (χ1v) is 3.23. The molecule has 0 nitrogen and oxygen atoms in total. The molecule has 0 radical (unpaired) electrons. The van der Waals surface area contributed by atoms with Crippen LogP contribution < -0.4 is 0 Å². The molecule has 0 atom stereocenters. The Morgan fingerprint density at radius 2 is 0.140 bits per heavy atom. The average molecular weight is 1720 g/mol. The molecule has 0 N–H and O–H groups in total. The van der Waals surface area contributed by atoms with E-state index in [4.69, 9.17) is 21.7 Å². The highest BCUT2D eigenvalue weighted by molar-refractivity contribution is 4.74. The molecule has 0 aliphatic rings. The van der Waals surface area contributed by atoms with Crippen LogP contribution in [0.3, 0.4) is 0 Å². The summed E-state index contributed by atoms with van der Waals surface area (Å²) in [5.41, 5.74) is 0. The fourth-order valence-electron chi connectivity index (χ4n) is 0. The summed E-state index contributed by atoms with van der Waals surface area (Å²) in [5, 5.41) is 0. The molecule has 0 aromatic rings. The average Bonchev–Trinajstić information content (AvgIpc) is 2.79. The van der Waals surface area contributed by atoms with E-state index in [1.54, 1.807) is 20.8 Å². The maximum Gasteiger partial charge on any atom is 0.124 e. The second-order valence-corrected chi connectivity index (χ2v) is 0.866. The van der Waals surface area contributed by atoms with Crippen molar-refractivity contribution < 1.29 is 24.6 Å². The molecule has 0 aliphatic heterocycles. The fraction of sp³-hybridized carbons (Fsp3) is 0.888. The SMILES string of the molecule is C.C.C.C.C.C.C.C.C.C.C.C.C.C.C.C.C.C.C.C.C.C.C.C.C.C.C.C.C.C.C.C.C.C.C.C.C.C.C.C.C.C.C.C.C.C.C.C.C.C.C.C.C.C.C.C.C.C.C.C.C.C.C.C.C.C.C.C.C.C.C.C.C.C.C.C.C.C.C.C.C.C.C.C.C.C.C.C.C.C.C.C#CC.C#CC.C#CC.[3HH].[3HH].[3H]C#C.[3H]C#C.[3H]C#C.[3H]C[3H].[3H][3H].[3H][3H].[3H][3H].[3H][3H].[3H][3H]. The van der Waals surface area contributed by atoms with Crippen molar-refractivity contribution >= 4 is 0 Å². The van der Waals surface area contributed by atoms with Crippen LogP contribution in [-0.2, 0) is 0 Å². The highest BCUT2D eigenvalue weighted by atomic mass is 13.2. The molecule has 0 heterocycles. The Balaban J connectivity index is -0.000000000289. The first-order chi connectivity index (χ1) is 14.9. The highest BCUT2D eigenvalue weighted by Gasteiger charge is 1.09. The molecule has 0 aromatic heterocycles. The second-order valence-electron chi connectivity index (χ2n) is 0.866. The van der Waals surface area contributed by atoms with Gasteiger partial charge in [-0.3, -0.25) is 0 Å². The first kappa shape index (κ1) is 4170. The lowest BCUT2D eigenvalue weighted by atomic mass is 10.9. The van der Waals surface area contributed by atoms with E-state index in [1.165, 1.54) is 19.2 Å². The zero-order valence-electron chi connectivity index (χ0n) is 25.2. The molecular formula is C107H400. The van der Waals surface area contributed by atoms with E-state index in [-0.39, 0.29) is 686 Å². The van der Waals surface area contributed by atoms with Crippen molar-refractivity contribution in [2.45, 2.75) is 704 Å². The van der Waals surface area contributed by atoms with Crippen LogP contribution in [-0.4, -0.2) is 0 Å². The minimum Gasteiger partial charge on any atom is -0.124 e. The molecule has 0 unspecified atom stereocenters. The van der Waals surface area contributed by atoms with Crippen LogP contribution in [0.2, 0.25) is 0 Å². The van der Waals surface area contributed by atoms with Gasteiger partial charge in [0.1, 0.15) is 4.11 Å². The van der Waals surface area contributed by atoms with E-state index in [0.29, 0.717) is 0 Å². The minimum absolute atomic E-state index is 0. The van der Waals surface area contributed by atoms with Gasteiger partial charge in [-0.2, -0.15) is 0 Å². The van der Waals surface area contributed by atoms with Crippen LogP contribution in [0.15, 0.2) is 0 Å². The lowest BCUT2D eigenvalue weighted by molar-refractivity contribution is 1.94. The number of hydrogen-bond donors (Lipinski definition) is 0. The predicted molar refractivity (Wildman–Crippen MR) is 707 cm³/mol.